The number of alkyl halides is 3. The van der Waals surface area contributed by atoms with E-state index in [9.17, 15) is 13.2 Å². The Bertz CT molecular complexity index is 887. The van der Waals surface area contributed by atoms with E-state index in [0.717, 1.165) is 17.7 Å². The van der Waals surface area contributed by atoms with Gasteiger partial charge in [0.1, 0.15) is 0 Å². The van der Waals surface area contributed by atoms with Gasteiger partial charge in [-0.05, 0) is 23.8 Å². The van der Waals surface area contributed by atoms with Crippen LogP contribution in [0.1, 0.15) is 11.1 Å². The molecule has 0 saturated heterocycles. The third-order valence-corrected chi connectivity index (χ3v) is 3.73. The predicted molar refractivity (Wildman–Crippen MR) is 93.3 cm³/mol. The summed E-state index contributed by atoms with van der Waals surface area (Å²) in [6.45, 7) is 0.526. The lowest BCUT2D eigenvalue weighted by Gasteiger charge is -2.12. The average Bonchev–Trinajstić information content (AvgIpc) is 2.62. The third-order valence-electron chi connectivity index (χ3n) is 3.40. The van der Waals surface area contributed by atoms with E-state index in [1.807, 2.05) is 30.3 Å². The van der Waals surface area contributed by atoms with E-state index in [1.54, 1.807) is 0 Å². The lowest BCUT2D eigenvalue weighted by atomic mass is 10.2. The Balaban J connectivity index is 1.73. The Morgan fingerprint density at radius 1 is 1.04 bits per heavy atom. The highest BCUT2D eigenvalue weighted by atomic mass is 35.5. The number of aromatic nitrogens is 3. The Labute approximate surface area is 152 Å². The number of nitrogens with one attached hydrogen (secondary N) is 2. The molecule has 3 rings (SSSR count). The van der Waals surface area contributed by atoms with Crippen molar-refractivity contribution in [3.63, 3.8) is 0 Å². The van der Waals surface area contributed by atoms with Crippen LogP contribution in [0.2, 0.25) is 5.02 Å². The molecule has 2 aromatic carbocycles. The van der Waals surface area contributed by atoms with Gasteiger partial charge < -0.3 is 10.6 Å². The summed E-state index contributed by atoms with van der Waals surface area (Å²) in [7, 11) is 0. The van der Waals surface area contributed by atoms with Gasteiger partial charge in [-0.1, -0.05) is 41.9 Å². The molecular formula is C17H13ClF3N5. The van der Waals surface area contributed by atoms with E-state index in [4.69, 9.17) is 11.6 Å². The summed E-state index contributed by atoms with van der Waals surface area (Å²) in [5.41, 5.74) is 0.271. The zero-order valence-electron chi connectivity index (χ0n) is 13.3. The molecule has 2 N–H and O–H groups in total. The molecule has 1 aromatic heterocycles. The molecule has 0 spiro atoms. The van der Waals surface area contributed by atoms with Crippen molar-refractivity contribution >= 4 is 29.1 Å². The molecule has 0 bridgehead atoms. The van der Waals surface area contributed by atoms with Gasteiger partial charge in [0.15, 0.2) is 5.82 Å². The minimum absolute atomic E-state index is 0.0681. The van der Waals surface area contributed by atoms with Gasteiger partial charge in [-0.2, -0.15) is 23.3 Å². The minimum atomic E-state index is -4.55. The molecule has 0 aliphatic carbocycles. The van der Waals surface area contributed by atoms with Gasteiger partial charge in [-0.25, -0.2) is 0 Å². The molecule has 0 unspecified atom stereocenters. The fourth-order valence-electron chi connectivity index (χ4n) is 2.18. The quantitative estimate of drug-likeness (QED) is 0.660. The Hall–Kier alpha value is -2.87. The minimum Gasteiger partial charge on any atom is -0.365 e. The zero-order chi connectivity index (χ0) is 18.6. The van der Waals surface area contributed by atoms with Crippen molar-refractivity contribution in [3.8, 4) is 0 Å². The normalized spacial score (nSPS) is 11.2. The molecule has 5 nitrogen and oxygen atoms in total. The Morgan fingerprint density at radius 3 is 2.54 bits per heavy atom. The monoisotopic (exact) mass is 379 g/mol. The molecule has 1 heterocycles. The molecule has 0 saturated carbocycles. The first-order chi connectivity index (χ1) is 12.4. The summed E-state index contributed by atoms with van der Waals surface area (Å²) >= 11 is 5.61. The first-order valence-corrected chi connectivity index (χ1v) is 7.91. The molecule has 0 amide bonds. The van der Waals surface area contributed by atoms with E-state index in [-0.39, 0.29) is 16.7 Å². The van der Waals surface area contributed by atoms with Crippen molar-refractivity contribution in [2.24, 2.45) is 0 Å². The smallest absolute Gasteiger partial charge is 0.365 e. The van der Waals surface area contributed by atoms with Crippen molar-refractivity contribution in [2.45, 2.75) is 12.7 Å². The molecule has 0 aliphatic heterocycles. The van der Waals surface area contributed by atoms with E-state index in [1.165, 1.54) is 12.3 Å². The maximum atomic E-state index is 12.9. The number of halogens is 4. The van der Waals surface area contributed by atoms with Crippen LogP contribution in [0.15, 0.2) is 54.7 Å². The highest BCUT2D eigenvalue weighted by Gasteiger charge is 2.33. The van der Waals surface area contributed by atoms with Gasteiger partial charge in [0, 0.05) is 12.2 Å². The first kappa shape index (κ1) is 17.9. The second kappa shape index (κ2) is 7.57. The van der Waals surface area contributed by atoms with Gasteiger partial charge in [0.05, 0.1) is 16.8 Å². The van der Waals surface area contributed by atoms with E-state index >= 15 is 0 Å². The zero-order valence-corrected chi connectivity index (χ0v) is 14.0. The van der Waals surface area contributed by atoms with Gasteiger partial charge in [-0.15, -0.1) is 5.10 Å². The number of hydrogen-bond acceptors (Lipinski definition) is 5. The van der Waals surface area contributed by atoms with Crippen molar-refractivity contribution < 1.29 is 13.2 Å². The molecule has 0 aliphatic rings. The molecule has 0 atom stereocenters. The van der Waals surface area contributed by atoms with Gasteiger partial charge in [0.2, 0.25) is 5.95 Å². The second-order valence-corrected chi connectivity index (χ2v) is 5.73. The molecule has 26 heavy (non-hydrogen) atoms. The summed E-state index contributed by atoms with van der Waals surface area (Å²) in [5.74, 6) is 0.509. The maximum Gasteiger partial charge on any atom is 0.417 e. The van der Waals surface area contributed by atoms with Crippen LogP contribution in [-0.2, 0) is 12.7 Å². The number of anilines is 3. The molecule has 3 aromatic rings. The second-order valence-electron chi connectivity index (χ2n) is 5.32. The number of nitrogens with zero attached hydrogens (tertiary/aromatic N) is 3. The van der Waals surface area contributed by atoms with Crippen molar-refractivity contribution in [2.75, 3.05) is 10.6 Å². The third kappa shape index (κ3) is 4.60. The largest absolute Gasteiger partial charge is 0.417 e. The van der Waals surface area contributed by atoms with E-state index in [0.29, 0.717) is 12.4 Å². The van der Waals surface area contributed by atoms with Gasteiger partial charge in [0.25, 0.3) is 0 Å². The van der Waals surface area contributed by atoms with Crippen LogP contribution >= 0.6 is 11.6 Å². The summed E-state index contributed by atoms with van der Waals surface area (Å²) in [6.07, 6.45) is -3.12. The predicted octanol–water partition coefficient (Wildman–Crippen LogP) is 4.90. The topological polar surface area (TPSA) is 62.7 Å². The van der Waals surface area contributed by atoms with Crippen molar-refractivity contribution in [3.05, 3.63) is 70.9 Å². The van der Waals surface area contributed by atoms with Crippen molar-refractivity contribution in [1.29, 1.82) is 0 Å². The highest BCUT2D eigenvalue weighted by Crippen LogP contribution is 2.36. The molecular weight excluding hydrogens is 367 g/mol. The number of hydrogen-bond donors (Lipinski definition) is 2. The molecule has 0 radical (unpaired) electrons. The Morgan fingerprint density at radius 2 is 1.81 bits per heavy atom. The summed E-state index contributed by atoms with van der Waals surface area (Å²) in [4.78, 5) is 4.19. The summed E-state index contributed by atoms with van der Waals surface area (Å²) in [6, 6.07) is 13.1. The lowest BCUT2D eigenvalue weighted by molar-refractivity contribution is -0.137. The molecule has 9 heteroatoms. The summed E-state index contributed by atoms with van der Waals surface area (Å²) < 4.78 is 38.8. The number of rotatable bonds is 5. The van der Waals surface area contributed by atoms with Crippen LogP contribution in [-0.4, -0.2) is 15.2 Å². The van der Waals surface area contributed by atoms with Crippen LogP contribution in [0.5, 0.6) is 0 Å². The molecule has 134 valence electrons. The SMILES string of the molecule is FC(F)(F)c1cc(Nc2nncc(NCc3ccccc3)n2)ccc1Cl. The van der Waals surface area contributed by atoms with Crippen LogP contribution in [0.4, 0.5) is 30.6 Å². The fourth-order valence-corrected chi connectivity index (χ4v) is 2.40. The van der Waals surface area contributed by atoms with Crippen LogP contribution < -0.4 is 10.6 Å². The lowest BCUT2D eigenvalue weighted by Crippen LogP contribution is -2.08. The van der Waals surface area contributed by atoms with Crippen LogP contribution in [0.3, 0.4) is 0 Å². The number of benzene rings is 2. The van der Waals surface area contributed by atoms with E-state index in [2.05, 4.69) is 25.8 Å². The van der Waals surface area contributed by atoms with Crippen molar-refractivity contribution in [1.82, 2.24) is 15.2 Å². The highest BCUT2D eigenvalue weighted by molar-refractivity contribution is 6.31. The van der Waals surface area contributed by atoms with Crippen LogP contribution in [0.25, 0.3) is 0 Å². The fraction of sp³-hybridized carbons (Fsp3) is 0.118. The average molecular weight is 380 g/mol. The standard InChI is InChI=1S/C17H13ClF3N5/c18-14-7-6-12(8-13(14)17(19,20)21)24-16-25-15(10-23-26-16)22-9-11-4-2-1-3-5-11/h1-8,10H,9H2,(H2,22,24,25,26). The first-order valence-electron chi connectivity index (χ1n) is 7.53. The Kier molecular flexibility index (Phi) is 5.22. The molecule has 0 fully saturated rings. The summed E-state index contributed by atoms with van der Waals surface area (Å²) in [5, 5.41) is 13.0. The van der Waals surface area contributed by atoms with Crippen LogP contribution in [0, 0.1) is 0 Å². The van der Waals surface area contributed by atoms with E-state index < -0.39 is 11.7 Å². The van der Waals surface area contributed by atoms with Gasteiger partial charge >= 0.3 is 6.18 Å². The van der Waals surface area contributed by atoms with Gasteiger partial charge in [-0.3, -0.25) is 0 Å². The maximum absolute atomic E-state index is 12.9.